The number of nitrogens with zero attached hydrogens (tertiary/aromatic N) is 3. The standard InChI is InChI=1S/C20H28N4O2/c1-15(13-16-6-8-18(26-3)9-7-16)22-17-5-4-11-24(14-17)19-20(25)23(2)12-10-21-19/h6-10,12,15,17,22H,4-5,11,13-14H2,1-3H3. The highest BCUT2D eigenvalue weighted by atomic mass is 16.5. The van der Waals surface area contributed by atoms with Crippen LogP contribution in [0.15, 0.2) is 41.5 Å². The summed E-state index contributed by atoms with van der Waals surface area (Å²) in [6.07, 6.45) is 6.54. The largest absolute Gasteiger partial charge is 0.497 e. The van der Waals surface area contributed by atoms with Gasteiger partial charge in [0.2, 0.25) is 0 Å². The summed E-state index contributed by atoms with van der Waals surface area (Å²) in [6, 6.07) is 8.95. The second-order valence-electron chi connectivity index (χ2n) is 7.07. The summed E-state index contributed by atoms with van der Waals surface area (Å²) in [4.78, 5) is 18.7. The number of nitrogens with one attached hydrogen (secondary N) is 1. The van der Waals surface area contributed by atoms with Crippen molar-refractivity contribution < 1.29 is 4.74 Å². The SMILES string of the molecule is COc1ccc(CC(C)NC2CCCN(c3nccn(C)c3=O)C2)cc1. The van der Waals surface area contributed by atoms with E-state index in [4.69, 9.17) is 4.74 Å². The number of aromatic nitrogens is 2. The van der Waals surface area contributed by atoms with Gasteiger partial charge in [0, 0.05) is 44.6 Å². The third-order valence-electron chi connectivity index (χ3n) is 4.94. The Labute approximate surface area is 154 Å². The Bertz CT molecular complexity index is 772. The number of benzene rings is 1. The molecule has 1 fully saturated rings. The van der Waals surface area contributed by atoms with E-state index in [0.717, 1.165) is 38.1 Å². The van der Waals surface area contributed by atoms with Crippen LogP contribution in [-0.2, 0) is 13.5 Å². The fourth-order valence-corrected chi connectivity index (χ4v) is 3.58. The van der Waals surface area contributed by atoms with Crippen LogP contribution in [0, 0.1) is 0 Å². The van der Waals surface area contributed by atoms with Crippen molar-refractivity contribution in [2.45, 2.75) is 38.3 Å². The Morgan fingerprint density at radius 3 is 2.85 bits per heavy atom. The molecule has 0 spiro atoms. The lowest BCUT2D eigenvalue weighted by atomic mass is 10.0. The van der Waals surface area contributed by atoms with Crippen molar-refractivity contribution in [1.29, 1.82) is 0 Å². The molecule has 2 aromatic rings. The molecule has 0 aliphatic carbocycles. The number of ether oxygens (including phenoxy) is 1. The van der Waals surface area contributed by atoms with Gasteiger partial charge in [-0.1, -0.05) is 12.1 Å². The lowest BCUT2D eigenvalue weighted by Gasteiger charge is -2.35. The predicted molar refractivity (Wildman–Crippen MR) is 104 cm³/mol. The van der Waals surface area contributed by atoms with Gasteiger partial charge in [-0.25, -0.2) is 4.98 Å². The molecule has 6 nitrogen and oxygen atoms in total. The zero-order chi connectivity index (χ0) is 18.5. The fourth-order valence-electron chi connectivity index (χ4n) is 3.58. The van der Waals surface area contributed by atoms with Crippen LogP contribution in [0.2, 0.25) is 0 Å². The molecule has 2 atom stereocenters. The molecule has 26 heavy (non-hydrogen) atoms. The van der Waals surface area contributed by atoms with Gasteiger partial charge in [0.15, 0.2) is 5.82 Å². The molecule has 1 saturated heterocycles. The van der Waals surface area contributed by atoms with Gasteiger partial charge in [0.25, 0.3) is 5.56 Å². The summed E-state index contributed by atoms with van der Waals surface area (Å²) < 4.78 is 6.80. The summed E-state index contributed by atoms with van der Waals surface area (Å²) in [6.45, 7) is 3.92. The van der Waals surface area contributed by atoms with Crippen molar-refractivity contribution >= 4 is 5.82 Å². The van der Waals surface area contributed by atoms with Gasteiger partial charge in [-0.05, 0) is 43.9 Å². The topological polar surface area (TPSA) is 59.4 Å². The van der Waals surface area contributed by atoms with Crippen molar-refractivity contribution in [1.82, 2.24) is 14.9 Å². The van der Waals surface area contributed by atoms with E-state index in [1.165, 1.54) is 5.56 Å². The molecule has 1 aromatic carbocycles. The monoisotopic (exact) mass is 356 g/mol. The molecule has 140 valence electrons. The number of piperidine rings is 1. The maximum atomic E-state index is 12.3. The average Bonchev–Trinajstić information content (AvgIpc) is 2.65. The molecule has 1 aromatic heterocycles. The highest BCUT2D eigenvalue weighted by Gasteiger charge is 2.24. The number of hydrogen-bond acceptors (Lipinski definition) is 5. The zero-order valence-electron chi connectivity index (χ0n) is 15.8. The van der Waals surface area contributed by atoms with Gasteiger partial charge in [-0.15, -0.1) is 0 Å². The van der Waals surface area contributed by atoms with E-state index in [1.807, 2.05) is 12.1 Å². The van der Waals surface area contributed by atoms with Crippen LogP contribution < -0.4 is 20.5 Å². The minimum Gasteiger partial charge on any atom is -0.497 e. The molecule has 0 amide bonds. The Morgan fingerprint density at radius 2 is 2.12 bits per heavy atom. The smallest absolute Gasteiger partial charge is 0.293 e. The van der Waals surface area contributed by atoms with Crippen LogP contribution in [0.25, 0.3) is 0 Å². The predicted octanol–water partition coefficient (Wildman–Crippen LogP) is 1.98. The highest BCUT2D eigenvalue weighted by molar-refractivity contribution is 5.36. The van der Waals surface area contributed by atoms with Crippen molar-refractivity contribution in [3.8, 4) is 5.75 Å². The van der Waals surface area contributed by atoms with Crippen molar-refractivity contribution in [3.05, 3.63) is 52.6 Å². The Morgan fingerprint density at radius 1 is 1.35 bits per heavy atom. The number of aryl methyl sites for hydroxylation is 1. The molecule has 1 aliphatic heterocycles. The second-order valence-corrected chi connectivity index (χ2v) is 7.07. The Hall–Kier alpha value is -2.34. The van der Waals surface area contributed by atoms with Crippen LogP contribution in [0.1, 0.15) is 25.3 Å². The summed E-state index contributed by atoms with van der Waals surface area (Å²) in [5.41, 5.74) is 1.26. The molecule has 1 aliphatic rings. The quantitative estimate of drug-likeness (QED) is 0.858. The Kier molecular flexibility index (Phi) is 5.93. The molecule has 0 saturated carbocycles. The molecule has 2 heterocycles. The fraction of sp³-hybridized carbons (Fsp3) is 0.500. The van der Waals surface area contributed by atoms with Crippen LogP contribution in [0.4, 0.5) is 5.82 Å². The maximum Gasteiger partial charge on any atom is 0.293 e. The third-order valence-corrected chi connectivity index (χ3v) is 4.94. The van der Waals surface area contributed by atoms with Gasteiger partial charge >= 0.3 is 0 Å². The highest BCUT2D eigenvalue weighted by Crippen LogP contribution is 2.16. The number of anilines is 1. The van der Waals surface area contributed by atoms with Crippen molar-refractivity contribution in [2.24, 2.45) is 7.05 Å². The lowest BCUT2D eigenvalue weighted by Crippen LogP contribution is -2.50. The second kappa shape index (κ2) is 8.36. The van der Waals surface area contributed by atoms with E-state index < -0.39 is 0 Å². The summed E-state index contributed by atoms with van der Waals surface area (Å²) in [5.74, 6) is 1.44. The van der Waals surface area contributed by atoms with Crippen LogP contribution in [0.3, 0.4) is 0 Å². The minimum absolute atomic E-state index is 0.0283. The zero-order valence-corrected chi connectivity index (χ0v) is 15.8. The van der Waals surface area contributed by atoms with Gasteiger partial charge in [-0.3, -0.25) is 4.79 Å². The van der Waals surface area contributed by atoms with E-state index in [9.17, 15) is 4.79 Å². The van der Waals surface area contributed by atoms with E-state index in [2.05, 4.69) is 34.3 Å². The first-order valence-electron chi connectivity index (χ1n) is 9.22. The van der Waals surface area contributed by atoms with Crippen LogP contribution >= 0.6 is 0 Å². The van der Waals surface area contributed by atoms with Gasteiger partial charge in [0.05, 0.1) is 7.11 Å². The molecular weight excluding hydrogens is 328 g/mol. The maximum absolute atomic E-state index is 12.3. The molecule has 0 radical (unpaired) electrons. The van der Waals surface area contributed by atoms with Crippen molar-refractivity contribution in [2.75, 3.05) is 25.1 Å². The first kappa shape index (κ1) is 18.5. The first-order valence-corrected chi connectivity index (χ1v) is 9.22. The molecular formula is C20H28N4O2. The van der Waals surface area contributed by atoms with E-state index in [0.29, 0.717) is 17.9 Å². The van der Waals surface area contributed by atoms with Crippen LogP contribution in [0.5, 0.6) is 5.75 Å². The summed E-state index contributed by atoms with van der Waals surface area (Å²) in [7, 11) is 3.45. The van der Waals surface area contributed by atoms with E-state index in [-0.39, 0.29) is 5.56 Å². The molecule has 6 heteroatoms. The van der Waals surface area contributed by atoms with Gasteiger partial charge in [0.1, 0.15) is 5.75 Å². The number of hydrogen-bond donors (Lipinski definition) is 1. The average molecular weight is 356 g/mol. The van der Waals surface area contributed by atoms with E-state index >= 15 is 0 Å². The summed E-state index contributed by atoms with van der Waals surface area (Å²) >= 11 is 0. The molecule has 1 N–H and O–H groups in total. The number of methoxy groups -OCH3 is 1. The molecule has 0 bridgehead atoms. The van der Waals surface area contributed by atoms with Gasteiger partial charge < -0.3 is 19.5 Å². The minimum atomic E-state index is -0.0283. The Balaban J connectivity index is 1.59. The van der Waals surface area contributed by atoms with Crippen LogP contribution in [-0.4, -0.2) is 41.8 Å². The summed E-state index contributed by atoms with van der Waals surface area (Å²) in [5, 5.41) is 3.72. The van der Waals surface area contributed by atoms with E-state index in [1.54, 1.807) is 31.1 Å². The third kappa shape index (κ3) is 4.43. The lowest BCUT2D eigenvalue weighted by molar-refractivity contribution is 0.380. The van der Waals surface area contributed by atoms with Crippen molar-refractivity contribution in [3.63, 3.8) is 0 Å². The normalized spacial score (nSPS) is 18.6. The molecule has 3 rings (SSSR count). The van der Waals surface area contributed by atoms with Gasteiger partial charge in [-0.2, -0.15) is 0 Å². The molecule has 2 unspecified atom stereocenters. The number of rotatable bonds is 6. The first-order chi connectivity index (χ1) is 12.6.